The predicted octanol–water partition coefficient (Wildman–Crippen LogP) is 0.481. The summed E-state index contributed by atoms with van der Waals surface area (Å²) in [4.78, 5) is 12.2. The van der Waals surface area contributed by atoms with Crippen LogP contribution in [0, 0.1) is 6.92 Å². The fraction of sp³-hybridized carbons (Fsp3) is 0.588. The van der Waals surface area contributed by atoms with Crippen molar-refractivity contribution in [2.24, 2.45) is 0 Å². The monoisotopic (exact) mass is 402 g/mol. The van der Waals surface area contributed by atoms with E-state index in [2.05, 4.69) is 0 Å². The summed E-state index contributed by atoms with van der Waals surface area (Å²) in [5.74, 6) is -4.07. The summed E-state index contributed by atoms with van der Waals surface area (Å²) in [7, 11) is -2.93. The average molecular weight is 402 g/mol. The molecule has 27 heavy (non-hydrogen) atoms. The standard InChI is InChI=1S/C17H22O9S/c1-10-5-7-11(8-6-10)27(20,21)23-9-12-13(18)14-17(24-12,15(19)22-4)26-16(2,3)25-14/h5-8,12-14,18H,9H2,1-4H3/t12-,13+,14-,17+/m1/s1. The van der Waals surface area contributed by atoms with Crippen LogP contribution in [0.25, 0.3) is 0 Å². The van der Waals surface area contributed by atoms with Gasteiger partial charge < -0.3 is 24.1 Å². The summed E-state index contributed by atoms with van der Waals surface area (Å²) in [6.07, 6.45) is -3.72. The molecule has 2 aliphatic rings. The van der Waals surface area contributed by atoms with Gasteiger partial charge in [0.2, 0.25) is 0 Å². The highest BCUT2D eigenvalue weighted by atomic mass is 32.2. The van der Waals surface area contributed by atoms with E-state index in [-0.39, 0.29) is 4.90 Å². The Labute approximate surface area is 157 Å². The molecule has 3 rings (SSSR count). The lowest BCUT2D eigenvalue weighted by Gasteiger charge is -2.26. The third kappa shape index (κ3) is 3.60. The number of ether oxygens (including phenoxy) is 4. The van der Waals surface area contributed by atoms with Gasteiger partial charge in [0, 0.05) is 0 Å². The highest BCUT2D eigenvalue weighted by Crippen LogP contribution is 2.46. The quantitative estimate of drug-likeness (QED) is 0.554. The van der Waals surface area contributed by atoms with Crippen molar-refractivity contribution >= 4 is 16.1 Å². The molecule has 0 aliphatic carbocycles. The van der Waals surface area contributed by atoms with E-state index in [0.717, 1.165) is 12.7 Å². The lowest BCUT2D eigenvalue weighted by atomic mass is 10.1. The van der Waals surface area contributed by atoms with E-state index < -0.39 is 52.6 Å². The number of methoxy groups -OCH3 is 1. The second-order valence-corrected chi connectivity index (χ2v) is 8.51. The minimum absolute atomic E-state index is 0.0305. The van der Waals surface area contributed by atoms with Gasteiger partial charge in [0.1, 0.15) is 12.2 Å². The number of aliphatic hydroxyl groups excluding tert-OH is 1. The number of carbonyl (C=O) groups is 1. The van der Waals surface area contributed by atoms with Crippen molar-refractivity contribution in [3.8, 4) is 0 Å². The van der Waals surface area contributed by atoms with Crippen LogP contribution in [-0.4, -0.2) is 63.1 Å². The zero-order chi connectivity index (χ0) is 20.0. The van der Waals surface area contributed by atoms with Gasteiger partial charge in [-0.3, -0.25) is 4.18 Å². The molecular formula is C17H22O9S. The molecule has 10 heteroatoms. The number of esters is 1. The summed E-state index contributed by atoms with van der Waals surface area (Å²) in [6.45, 7) is 4.41. The maximum atomic E-state index is 12.3. The van der Waals surface area contributed by atoms with E-state index in [1.807, 2.05) is 6.92 Å². The molecule has 1 aromatic rings. The number of hydrogen-bond acceptors (Lipinski definition) is 9. The Kier molecular flexibility index (Phi) is 5.08. The summed E-state index contributed by atoms with van der Waals surface area (Å²) in [6, 6.07) is 6.10. The second kappa shape index (κ2) is 6.80. The van der Waals surface area contributed by atoms with Gasteiger partial charge in [0.25, 0.3) is 10.1 Å². The van der Waals surface area contributed by atoms with Crippen LogP contribution < -0.4 is 0 Å². The maximum absolute atomic E-state index is 12.3. The smallest absolute Gasteiger partial charge is 0.369 e. The normalized spacial score (nSPS) is 32.3. The van der Waals surface area contributed by atoms with E-state index in [4.69, 9.17) is 23.1 Å². The van der Waals surface area contributed by atoms with Crippen LogP contribution >= 0.6 is 0 Å². The first kappa shape index (κ1) is 20.2. The number of carbonyl (C=O) groups excluding carboxylic acids is 1. The molecule has 0 unspecified atom stereocenters. The molecule has 0 bridgehead atoms. The van der Waals surface area contributed by atoms with Crippen molar-refractivity contribution in [2.45, 2.75) is 55.6 Å². The lowest BCUT2D eigenvalue weighted by Crippen LogP contribution is -2.48. The van der Waals surface area contributed by atoms with Gasteiger partial charge in [-0.1, -0.05) is 17.7 Å². The van der Waals surface area contributed by atoms with Gasteiger partial charge in [-0.15, -0.1) is 0 Å². The van der Waals surface area contributed by atoms with Gasteiger partial charge in [0.05, 0.1) is 18.6 Å². The van der Waals surface area contributed by atoms with Gasteiger partial charge >= 0.3 is 11.8 Å². The summed E-state index contributed by atoms with van der Waals surface area (Å²) in [5, 5.41) is 10.5. The van der Waals surface area contributed by atoms with E-state index >= 15 is 0 Å². The third-order valence-electron chi connectivity index (χ3n) is 4.37. The second-order valence-electron chi connectivity index (χ2n) is 6.90. The number of hydrogen-bond donors (Lipinski definition) is 1. The molecule has 0 spiro atoms. The number of aliphatic hydroxyl groups is 1. The first-order valence-corrected chi connectivity index (χ1v) is 9.70. The number of fused-ring (bicyclic) bond motifs is 1. The number of benzene rings is 1. The van der Waals surface area contributed by atoms with Crippen molar-refractivity contribution in [2.75, 3.05) is 13.7 Å². The van der Waals surface area contributed by atoms with Gasteiger partial charge in [-0.25, -0.2) is 4.79 Å². The van der Waals surface area contributed by atoms with Crippen LogP contribution in [0.1, 0.15) is 19.4 Å². The van der Waals surface area contributed by atoms with Crippen molar-refractivity contribution in [1.29, 1.82) is 0 Å². The molecule has 2 saturated heterocycles. The average Bonchev–Trinajstić information content (AvgIpc) is 3.02. The topological polar surface area (TPSA) is 118 Å². The van der Waals surface area contributed by atoms with Crippen LogP contribution in [-0.2, 0) is 38.0 Å². The van der Waals surface area contributed by atoms with E-state index in [9.17, 15) is 18.3 Å². The zero-order valence-corrected chi connectivity index (χ0v) is 16.2. The van der Waals surface area contributed by atoms with Crippen LogP contribution in [0.5, 0.6) is 0 Å². The van der Waals surface area contributed by atoms with Crippen LogP contribution in [0.15, 0.2) is 29.2 Å². The Morgan fingerprint density at radius 1 is 1.22 bits per heavy atom. The highest BCUT2D eigenvalue weighted by molar-refractivity contribution is 7.86. The minimum atomic E-state index is -4.07. The molecule has 1 N–H and O–H groups in total. The van der Waals surface area contributed by atoms with Gasteiger partial charge in [-0.2, -0.15) is 8.42 Å². The van der Waals surface area contributed by atoms with E-state index in [0.29, 0.717) is 0 Å². The van der Waals surface area contributed by atoms with Crippen molar-refractivity contribution in [1.82, 2.24) is 0 Å². The Hall–Kier alpha value is -1.56. The van der Waals surface area contributed by atoms with Crippen LogP contribution in [0.4, 0.5) is 0 Å². The molecule has 0 saturated carbocycles. The number of aryl methyl sites for hydroxylation is 1. The molecule has 0 aromatic heterocycles. The SMILES string of the molecule is COC(=O)[C@]12O[C@H](COS(=O)(=O)c3ccc(C)cc3)[C@H](O)[C@H]1OC(C)(C)O2. The molecule has 4 atom stereocenters. The van der Waals surface area contributed by atoms with Crippen molar-refractivity contribution in [3.63, 3.8) is 0 Å². The van der Waals surface area contributed by atoms with Gasteiger partial charge in [0.15, 0.2) is 11.9 Å². The first-order chi connectivity index (χ1) is 12.5. The van der Waals surface area contributed by atoms with E-state index in [1.165, 1.54) is 12.1 Å². The van der Waals surface area contributed by atoms with Crippen molar-refractivity contribution in [3.05, 3.63) is 29.8 Å². The van der Waals surface area contributed by atoms with Crippen molar-refractivity contribution < 1.29 is 41.4 Å². The number of rotatable bonds is 5. The molecule has 2 heterocycles. The Morgan fingerprint density at radius 2 is 1.85 bits per heavy atom. The molecular weight excluding hydrogens is 380 g/mol. The molecule has 0 amide bonds. The molecule has 1 aromatic carbocycles. The predicted molar refractivity (Wildman–Crippen MR) is 90.0 cm³/mol. The summed E-state index contributed by atoms with van der Waals surface area (Å²) >= 11 is 0. The molecule has 150 valence electrons. The molecule has 0 radical (unpaired) electrons. The summed E-state index contributed by atoms with van der Waals surface area (Å²) < 4.78 is 51.0. The fourth-order valence-corrected chi connectivity index (χ4v) is 4.04. The van der Waals surface area contributed by atoms with Crippen LogP contribution in [0.2, 0.25) is 0 Å². The fourth-order valence-electron chi connectivity index (χ4n) is 3.12. The van der Waals surface area contributed by atoms with Gasteiger partial charge in [-0.05, 0) is 32.9 Å². The Bertz CT molecular complexity index is 817. The first-order valence-electron chi connectivity index (χ1n) is 8.29. The molecule has 2 fully saturated rings. The molecule has 9 nitrogen and oxygen atoms in total. The molecule has 2 aliphatic heterocycles. The Morgan fingerprint density at radius 3 is 2.44 bits per heavy atom. The summed E-state index contributed by atoms with van der Waals surface area (Å²) in [5.41, 5.74) is 0.897. The highest BCUT2D eigenvalue weighted by Gasteiger charge is 2.69. The third-order valence-corrected chi connectivity index (χ3v) is 5.66. The lowest BCUT2D eigenvalue weighted by molar-refractivity contribution is -0.266. The minimum Gasteiger partial charge on any atom is -0.465 e. The maximum Gasteiger partial charge on any atom is 0.369 e. The van der Waals surface area contributed by atoms with E-state index in [1.54, 1.807) is 26.0 Å². The zero-order valence-electron chi connectivity index (χ0n) is 15.4. The Balaban J connectivity index is 1.76. The van der Waals surface area contributed by atoms with Crippen LogP contribution in [0.3, 0.4) is 0 Å². The largest absolute Gasteiger partial charge is 0.465 e.